The zero-order chi connectivity index (χ0) is 15.6. The summed E-state index contributed by atoms with van der Waals surface area (Å²) in [5.41, 5.74) is 0.732. The predicted octanol–water partition coefficient (Wildman–Crippen LogP) is 3.10. The van der Waals surface area contributed by atoms with Crippen LogP contribution >= 0.6 is 22.6 Å². The third kappa shape index (κ3) is 5.01. The van der Waals surface area contributed by atoms with Crippen LogP contribution in [0.25, 0.3) is 0 Å². The second-order valence-corrected chi connectivity index (χ2v) is 7.67. The fourth-order valence-corrected chi connectivity index (χ4v) is 3.02. The fourth-order valence-electron chi connectivity index (χ4n) is 2.29. The van der Waals surface area contributed by atoms with Crippen molar-refractivity contribution in [3.05, 3.63) is 21.4 Å². The Morgan fingerprint density at radius 1 is 1.48 bits per heavy atom. The monoisotopic (exact) mass is 403 g/mol. The summed E-state index contributed by atoms with van der Waals surface area (Å²) in [7, 11) is 0. The number of nitrogens with zero attached hydrogens (tertiary/aromatic N) is 2. The highest BCUT2D eigenvalue weighted by molar-refractivity contribution is 14.1. The Balaban J connectivity index is 1.93. The van der Waals surface area contributed by atoms with Gasteiger partial charge in [0.05, 0.1) is 6.54 Å². The van der Waals surface area contributed by atoms with Crippen molar-refractivity contribution >= 4 is 34.5 Å². The molecule has 1 aromatic heterocycles. The van der Waals surface area contributed by atoms with Gasteiger partial charge in [-0.15, -0.1) is 0 Å². The molecule has 0 bridgehead atoms. The molecule has 6 heteroatoms. The number of ether oxygens (including phenoxy) is 1. The molecule has 21 heavy (non-hydrogen) atoms. The van der Waals surface area contributed by atoms with Crippen LogP contribution in [0.2, 0.25) is 0 Å². The van der Waals surface area contributed by atoms with Gasteiger partial charge in [0.25, 0.3) is 0 Å². The maximum atomic E-state index is 11.8. The summed E-state index contributed by atoms with van der Waals surface area (Å²) in [6, 6.07) is 4.11. The summed E-state index contributed by atoms with van der Waals surface area (Å²) < 4.78 is 6.65. The van der Waals surface area contributed by atoms with E-state index in [2.05, 4.69) is 43.9 Å². The lowest BCUT2D eigenvalue weighted by atomic mass is 10.1. The Labute approximate surface area is 139 Å². The highest BCUT2D eigenvalue weighted by atomic mass is 127. The molecule has 0 aromatic carbocycles. The van der Waals surface area contributed by atoms with Crippen molar-refractivity contribution in [1.82, 2.24) is 10.3 Å². The molecule has 1 aliphatic rings. The molecule has 0 radical (unpaired) electrons. The highest BCUT2D eigenvalue weighted by Crippen LogP contribution is 2.22. The fraction of sp³-hybridized carbons (Fsp3) is 0.600. The molecule has 1 saturated heterocycles. The van der Waals surface area contributed by atoms with Gasteiger partial charge in [0.1, 0.15) is 11.9 Å². The van der Waals surface area contributed by atoms with Gasteiger partial charge in [-0.2, -0.15) is 0 Å². The minimum atomic E-state index is -0.346. The van der Waals surface area contributed by atoms with Gasteiger partial charge in [0.15, 0.2) is 0 Å². The number of carbonyl (C=O) groups is 1. The molecule has 1 atom stereocenters. The molecule has 1 fully saturated rings. The van der Waals surface area contributed by atoms with Crippen LogP contribution in [0.3, 0.4) is 0 Å². The smallest absolute Gasteiger partial charge is 0.407 e. The van der Waals surface area contributed by atoms with Crippen LogP contribution in [0.15, 0.2) is 12.1 Å². The number of aryl methyl sites for hydroxylation is 1. The second-order valence-electron chi connectivity index (χ2n) is 6.42. The van der Waals surface area contributed by atoms with Crippen molar-refractivity contribution in [2.45, 2.75) is 45.8 Å². The summed E-state index contributed by atoms with van der Waals surface area (Å²) in [5, 5.41) is 2.82. The minimum Gasteiger partial charge on any atom is -0.444 e. The van der Waals surface area contributed by atoms with E-state index in [-0.39, 0.29) is 17.7 Å². The van der Waals surface area contributed by atoms with E-state index in [1.54, 1.807) is 0 Å². The van der Waals surface area contributed by atoms with Crippen LogP contribution in [0.4, 0.5) is 10.6 Å². The molecule has 2 heterocycles. The van der Waals surface area contributed by atoms with Crippen LogP contribution in [0.5, 0.6) is 0 Å². The van der Waals surface area contributed by atoms with E-state index in [0.29, 0.717) is 6.54 Å². The Kier molecular flexibility index (Phi) is 4.95. The van der Waals surface area contributed by atoms with Gasteiger partial charge in [0, 0.05) is 27.8 Å². The molecule has 1 aliphatic heterocycles. The first-order valence-electron chi connectivity index (χ1n) is 7.11. The molecular formula is C15H22IN3O2. The lowest BCUT2D eigenvalue weighted by Crippen LogP contribution is -2.42. The quantitative estimate of drug-likeness (QED) is 0.772. The van der Waals surface area contributed by atoms with Crippen molar-refractivity contribution < 1.29 is 9.53 Å². The van der Waals surface area contributed by atoms with Gasteiger partial charge >= 0.3 is 6.09 Å². The standard InChI is InChI=1S/C15H22IN3O2/c1-10-7-11(16)8-13(17-10)19-6-5-12(9-19)21-14(20)18-15(2,3)4/h7-8,12H,5-6,9H2,1-4H3,(H,18,20)/t12-/m0/s1. The topological polar surface area (TPSA) is 54.5 Å². The average molecular weight is 403 g/mol. The number of anilines is 1. The van der Waals surface area contributed by atoms with E-state index in [1.807, 2.05) is 33.8 Å². The summed E-state index contributed by atoms with van der Waals surface area (Å²) in [5.74, 6) is 0.960. The number of aromatic nitrogens is 1. The number of hydrogen-bond acceptors (Lipinski definition) is 4. The van der Waals surface area contributed by atoms with Gasteiger partial charge in [-0.3, -0.25) is 0 Å². The number of rotatable bonds is 2. The van der Waals surface area contributed by atoms with E-state index in [9.17, 15) is 4.79 Å². The molecule has 1 N–H and O–H groups in total. The van der Waals surface area contributed by atoms with Crippen molar-refractivity contribution in [1.29, 1.82) is 0 Å². The van der Waals surface area contributed by atoms with Gasteiger partial charge in [-0.05, 0) is 62.4 Å². The summed E-state index contributed by atoms with van der Waals surface area (Å²) >= 11 is 2.30. The molecule has 116 valence electrons. The van der Waals surface area contributed by atoms with Gasteiger partial charge in [-0.1, -0.05) is 0 Å². The van der Waals surface area contributed by atoms with E-state index >= 15 is 0 Å². The first-order valence-corrected chi connectivity index (χ1v) is 8.19. The highest BCUT2D eigenvalue weighted by Gasteiger charge is 2.27. The molecule has 2 rings (SSSR count). The molecule has 0 saturated carbocycles. The van der Waals surface area contributed by atoms with Gasteiger partial charge < -0.3 is 15.0 Å². The van der Waals surface area contributed by atoms with E-state index in [1.165, 1.54) is 3.57 Å². The van der Waals surface area contributed by atoms with Crippen molar-refractivity contribution in [3.63, 3.8) is 0 Å². The third-order valence-corrected chi connectivity index (χ3v) is 3.75. The van der Waals surface area contributed by atoms with Crippen LogP contribution < -0.4 is 10.2 Å². The SMILES string of the molecule is Cc1cc(I)cc(N2CC[C@H](OC(=O)NC(C)(C)C)C2)n1. The first-order chi connectivity index (χ1) is 9.73. The van der Waals surface area contributed by atoms with Gasteiger partial charge in [-0.25, -0.2) is 9.78 Å². The number of pyridine rings is 1. The molecule has 1 aromatic rings. The summed E-state index contributed by atoms with van der Waals surface area (Å²) in [4.78, 5) is 18.5. The molecule has 1 amide bonds. The Bertz CT molecular complexity index is 508. The zero-order valence-electron chi connectivity index (χ0n) is 12.9. The normalized spacial score (nSPS) is 18.7. The largest absolute Gasteiger partial charge is 0.444 e. The maximum absolute atomic E-state index is 11.8. The minimum absolute atomic E-state index is 0.0766. The molecule has 5 nitrogen and oxygen atoms in total. The van der Waals surface area contributed by atoms with E-state index < -0.39 is 0 Å². The molecular weight excluding hydrogens is 381 g/mol. The van der Waals surface area contributed by atoms with Crippen molar-refractivity contribution in [3.8, 4) is 0 Å². The molecule has 0 aliphatic carbocycles. The number of carbonyl (C=O) groups excluding carboxylic acids is 1. The van der Waals surface area contributed by atoms with Crippen LogP contribution in [0, 0.1) is 10.5 Å². The van der Waals surface area contributed by atoms with Crippen LogP contribution in [-0.2, 0) is 4.74 Å². The van der Waals surface area contributed by atoms with Crippen molar-refractivity contribution in [2.75, 3.05) is 18.0 Å². The number of hydrogen-bond donors (Lipinski definition) is 1. The Morgan fingerprint density at radius 3 is 2.81 bits per heavy atom. The lowest BCUT2D eigenvalue weighted by molar-refractivity contribution is 0.101. The van der Waals surface area contributed by atoms with Crippen molar-refractivity contribution in [2.24, 2.45) is 0 Å². The number of nitrogens with one attached hydrogen (secondary N) is 1. The predicted molar refractivity (Wildman–Crippen MR) is 91.7 cm³/mol. The third-order valence-electron chi connectivity index (χ3n) is 3.12. The number of halogens is 1. The van der Waals surface area contributed by atoms with E-state index in [4.69, 9.17) is 4.74 Å². The maximum Gasteiger partial charge on any atom is 0.407 e. The van der Waals surface area contributed by atoms with E-state index in [0.717, 1.165) is 24.5 Å². The first kappa shape index (κ1) is 16.3. The summed E-state index contributed by atoms with van der Waals surface area (Å²) in [6.07, 6.45) is 0.414. The van der Waals surface area contributed by atoms with Crippen LogP contribution in [0.1, 0.15) is 32.9 Å². The Morgan fingerprint density at radius 2 is 2.19 bits per heavy atom. The lowest BCUT2D eigenvalue weighted by Gasteiger charge is -2.22. The Hall–Kier alpha value is -1.05. The molecule has 0 unspecified atom stereocenters. The average Bonchev–Trinajstić information content (AvgIpc) is 2.73. The number of amides is 1. The number of alkyl carbamates (subject to hydrolysis) is 1. The van der Waals surface area contributed by atoms with Crippen LogP contribution in [-0.4, -0.2) is 35.8 Å². The van der Waals surface area contributed by atoms with Gasteiger partial charge in [0.2, 0.25) is 0 Å². The molecule has 0 spiro atoms. The zero-order valence-corrected chi connectivity index (χ0v) is 15.1. The summed E-state index contributed by atoms with van der Waals surface area (Å²) in [6.45, 7) is 9.37. The second kappa shape index (κ2) is 6.37.